The summed E-state index contributed by atoms with van der Waals surface area (Å²) in [7, 11) is 0. The maximum atomic E-state index is 6.40. The van der Waals surface area contributed by atoms with Crippen LogP contribution in [-0.2, 0) is 0 Å². The molecule has 0 N–H and O–H groups in total. The highest BCUT2D eigenvalue weighted by Gasteiger charge is 2.23. The van der Waals surface area contributed by atoms with Gasteiger partial charge in [0.15, 0.2) is 0 Å². The lowest BCUT2D eigenvalue weighted by Crippen LogP contribution is -2.35. The van der Waals surface area contributed by atoms with Gasteiger partial charge >= 0.3 is 5.28 Å². The molecule has 0 unspecified atom stereocenters. The molecule has 1 aromatic carbocycles. The Bertz CT molecular complexity index is 588. The Hall–Kier alpha value is -0.700. The number of aromatic nitrogens is 2. The van der Waals surface area contributed by atoms with Crippen LogP contribution in [0.3, 0.4) is 0 Å². The predicted octanol–water partition coefficient (Wildman–Crippen LogP) is 4.61. The lowest BCUT2D eigenvalue weighted by molar-refractivity contribution is -0.713. The van der Waals surface area contributed by atoms with E-state index in [-0.39, 0.29) is 0 Å². The number of imidazole rings is 1. The summed E-state index contributed by atoms with van der Waals surface area (Å²) in [4.78, 5) is 0. The molecule has 0 saturated heterocycles. The number of nitrogens with zero attached hydrogens (tertiary/aromatic N) is 2. The van der Waals surface area contributed by atoms with Crippen molar-refractivity contribution in [2.45, 2.75) is 26.8 Å². The van der Waals surface area contributed by atoms with Gasteiger partial charge in [-0.05, 0) is 26.0 Å². The van der Waals surface area contributed by atoms with Gasteiger partial charge in [0.25, 0.3) is 0 Å². The molecule has 2 nitrogen and oxygen atoms in total. The van der Waals surface area contributed by atoms with Crippen LogP contribution >= 0.6 is 34.8 Å². The smallest absolute Gasteiger partial charge is 0.217 e. The zero-order valence-corrected chi connectivity index (χ0v) is 12.7. The van der Waals surface area contributed by atoms with Crippen molar-refractivity contribution in [1.29, 1.82) is 0 Å². The van der Waals surface area contributed by atoms with Crippen LogP contribution in [0, 0.1) is 6.92 Å². The molecule has 0 aliphatic rings. The Morgan fingerprint density at radius 2 is 1.78 bits per heavy atom. The number of halogens is 3. The molecule has 5 heteroatoms. The minimum atomic E-state index is 0.306. The lowest BCUT2D eigenvalue weighted by atomic mass is 10.3. The van der Waals surface area contributed by atoms with E-state index in [4.69, 9.17) is 34.8 Å². The summed E-state index contributed by atoms with van der Waals surface area (Å²) in [6.45, 7) is 6.18. The first-order valence-corrected chi connectivity index (χ1v) is 6.79. The van der Waals surface area contributed by atoms with E-state index in [0.29, 0.717) is 21.4 Å². The van der Waals surface area contributed by atoms with E-state index in [2.05, 4.69) is 13.8 Å². The third-order valence-corrected chi connectivity index (χ3v) is 3.90. The first-order chi connectivity index (χ1) is 8.41. The molecule has 0 radical (unpaired) electrons. The summed E-state index contributed by atoms with van der Waals surface area (Å²) in [5, 5.41) is 1.72. The molecule has 1 aromatic heterocycles. The van der Waals surface area contributed by atoms with Gasteiger partial charge in [-0.25, -0.2) is 4.57 Å². The third kappa shape index (κ3) is 2.37. The molecule has 96 valence electrons. The van der Waals surface area contributed by atoms with Crippen LogP contribution in [-0.4, -0.2) is 4.57 Å². The Labute approximate surface area is 122 Å². The van der Waals surface area contributed by atoms with E-state index >= 15 is 0 Å². The van der Waals surface area contributed by atoms with Crippen LogP contribution in [0.2, 0.25) is 15.3 Å². The molecule has 0 fully saturated rings. The molecule has 2 aromatic rings. The highest BCUT2D eigenvalue weighted by atomic mass is 35.5. The highest BCUT2D eigenvalue weighted by Crippen LogP contribution is 2.26. The van der Waals surface area contributed by atoms with Crippen LogP contribution in [0.4, 0.5) is 0 Å². The van der Waals surface area contributed by atoms with Crippen molar-refractivity contribution in [3.63, 3.8) is 0 Å². The van der Waals surface area contributed by atoms with Crippen molar-refractivity contribution in [1.82, 2.24) is 4.57 Å². The van der Waals surface area contributed by atoms with Gasteiger partial charge in [0.1, 0.15) is 17.6 Å². The minimum absolute atomic E-state index is 0.306. The molecule has 0 saturated carbocycles. The zero-order valence-electron chi connectivity index (χ0n) is 10.4. The normalized spacial score (nSPS) is 11.3. The summed E-state index contributed by atoms with van der Waals surface area (Å²) in [5.41, 5.74) is 1.96. The predicted molar refractivity (Wildman–Crippen MR) is 76.1 cm³/mol. The molecule has 0 amide bonds. The highest BCUT2D eigenvalue weighted by molar-refractivity contribution is 6.42. The summed E-state index contributed by atoms with van der Waals surface area (Å²) in [5.74, 6) is 0. The second kappa shape index (κ2) is 5.12. The fraction of sp³-hybridized carbons (Fsp3) is 0.308. The van der Waals surface area contributed by atoms with Crippen molar-refractivity contribution in [2.24, 2.45) is 0 Å². The molecule has 0 spiro atoms. The Morgan fingerprint density at radius 1 is 1.11 bits per heavy atom. The number of hydrogen-bond acceptors (Lipinski definition) is 0. The molecule has 0 aliphatic heterocycles. The molecule has 0 bridgehead atoms. The first-order valence-electron chi connectivity index (χ1n) is 5.66. The summed E-state index contributed by atoms with van der Waals surface area (Å²) < 4.78 is 3.96. The zero-order chi connectivity index (χ0) is 13.4. The molecule has 2 rings (SSSR count). The number of aryl methyl sites for hydroxylation is 1. The molecular weight excluding hydrogens is 291 g/mol. The van der Waals surface area contributed by atoms with Crippen molar-refractivity contribution < 1.29 is 4.57 Å². The van der Waals surface area contributed by atoms with E-state index in [1.165, 1.54) is 0 Å². The van der Waals surface area contributed by atoms with Crippen molar-refractivity contribution in [3.8, 4) is 5.69 Å². The molecule has 1 heterocycles. The topological polar surface area (TPSA) is 8.81 Å². The van der Waals surface area contributed by atoms with Crippen LogP contribution in [0.15, 0.2) is 24.4 Å². The summed E-state index contributed by atoms with van der Waals surface area (Å²) >= 11 is 18.4. The van der Waals surface area contributed by atoms with Crippen LogP contribution in [0.1, 0.15) is 25.6 Å². The number of rotatable bonds is 2. The standard InChI is InChI=1S/C13H14Cl3N2/c1-8(2)17-7-9(3)18(13(17)16)10-4-5-11(14)12(15)6-10/h4-8H,1-3H3/q+1. The molecular formula is C13H14Cl3N2+. The van der Waals surface area contributed by atoms with Gasteiger partial charge < -0.3 is 0 Å². The Balaban J connectivity index is 2.60. The van der Waals surface area contributed by atoms with E-state index in [9.17, 15) is 0 Å². The maximum absolute atomic E-state index is 6.40. The van der Waals surface area contributed by atoms with Crippen molar-refractivity contribution in [2.75, 3.05) is 0 Å². The number of benzene rings is 1. The van der Waals surface area contributed by atoms with E-state index in [0.717, 1.165) is 11.4 Å². The average molecular weight is 305 g/mol. The van der Waals surface area contributed by atoms with Gasteiger partial charge in [0, 0.05) is 24.6 Å². The number of hydrogen-bond donors (Lipinski definition) is 0. The Morgan fingerprint density at radius 3 is 2.28 bits per heavy atom. The molecule has 18 heavy (non-hydrogen) atoms. The summed E-state index contributed by atoms with van der Waals surface area (Å²) in [6.07, 6.45) is 2.02. The van der Waals surface area contributed by atoms with Crippen LogP contribution in [0.25, 0.3) is 5.69 Å². The third-order valence-electron chi connectivity index (χ3n) is 2.79. The Kier molecular flexibility index (Phi) is 3.90. The fourth-order valence-corrected chi connectivity index (χ4v) is 2.64. The average Bonchev–Trinajstić information content (AvgIpc) is 2.59. The first kappa shape index (κ1) is 13.7. The van der Waals surface area contributed by atoms with Gasteiger partial charge in [0.2, 0.25) is 0 Å². The monoisotopic (exact) mass is 303 g/mol. The van der Waals surface area contributed by atoms with Crippen molar-refractivity contribution in [3.05, 3.63) is 45.4 Å². The second-order valence-electron chi connectivity index (χ2n) is 4.47. The second-order valence-corrected chi connectivity index (χ2v) is 5.63. The summed E-state index contributed by atoms with van der Waals surface area (Å²) in [6, 6.07) is 5.79. The quantitative estimate of drug-likeness (QED) is 0.716. The molecule has 0 atom stereocenters. The van der Waals surface area contributed by atoms with Crippen LogP contribution < -0.4 is 4.57 Å². The van der Waals surface area contributed by atoms with Gasteiger partial charge in [-0.3, -0.25) is 0 Å². The van der Waals surface area contributed by atoms with E-state index in [1.807, 2.05) is 34.4 Å². The van der Waals surface area contributed by atoms with Gasteiger partial charge in [-0.1, -0.05) is 23.2 Å². The SMILES string of the molecule is Cc1c[n+](C(C)C)c(Cl)n1-c1ccc(Cl)c(Cl)c1. The van der Waals surface area contributed by atoms with Crippen LogP contribution in [0.5, 0.6) is 0 Å². The lowest BCUT2D eigenvalue weighted by Gasteiger charge is -2.03. The minimum Gasteiger partial charge on any atom is -0.217 e. The van der Waals surface area contributed by atoms with Gasteiger partial charge in [-0.2, -0.15) is 4.57 Å². The van der Waals surface area contributed by atoms with Gasteiger partial charge in [-0.15, -0.1) is 0 Å². The fourth-order valence-electron chi connectivity index (χ4n) is 1.87. The molecule has 0 aliphatic carbocycles. The van der Waals surface area contributed by atoms with Crippen molar-refractivity contribution >= 4 is 34.8 Å². The van der Waals surface area contributed by atoms with Gasteiger partial charge in [0.05, 0.1) is 16.1 Å². The van der Waals surface area contributed by atoms with E-state index < -0.39 is 0 Å². The largest absolute Gasteiger partial charge is 0.360 e. The van der Waals surface area contributed by atoms with E-state index in [1.54, 1.807) is 6.07 Å². The maximum Gasteiger partial charge on any atom is 0.360 e.